The molecule has 10 heteroatoms. The summed E-state index contributed by atoms with van der Waals surface area (Å²) in [6.45, 7) is 5.31. The van der Waals surface area contributed by atoms with Crippen LogP contribution in [-0.2, 0) is 27.3 Å². The standard InChI is InChI=1S/C27H35N3O7/c1-12(2)5-6-29-11-14-9-17(30(3)4)16-8-13-7-15-10-18(31)21(26(28)36)25(35)27(15,37)24(34)19(13)23(33)20(16)22(14)32/h9,12-13,15,29,32-33,35,37H,5-8,10-11H2,1-4H3,(H2,28,36)/t13-,15+,27+/m1/s1. The maximum atomic E-state index is 13.7. The third-order valence-electron chi connectivity index (χ3n) is 7.81. The molecule has 3 atom stereocenters. The van der Waals surface area contributed by atoms with Gasteiger partial charge in [-0.05, 0) is 49.3 Å². The number of aromatic hydroxyl groups is 1. The second-order valence-electron chi connectivity index (χ2n) is 10.9. The van der Waals surface area contributed by atoms with E-state index in [-0.39, 0.29) is 36.1 Å². The van der Waals surface area contributed by atoms with Crippen LogP contribution in [0.25, 0.3) is 5.76 Å². The Bertz CT molecular complexity index is 1250. The summed E-state index contributed by atoms with van der Waals surface area (Å²) in [5, 5.41) is 48.0. The first-order valence-corrected chi connectivity index (χ1v) is 12.5. The number of carbonyl (C=O) groups is 3. The van der Waals surface area contributed by atoms with Crippen LogP contribution >= 0.6 is 0 Å². The number of anilines is 1. The number of nitrogens with zero attached hydrogens (tertiary/aromatic N) is 1. The first-order chi connectivity index (χ1) is 17.3. The molecule has 0 radical (unpaired) electrons. The minimum atomic E-state index is -2.56. The molecule has 3 aliphatic carbocycles. The summed E-state index contributed by atoms with van der Waals surface area (Å²) < 4.78 is 0. The molecule has 4 rings (SSSR count). The minimum absolute atomic E-state index is 0.106. The van der Waals surface area contributed by atoms with E-state index < -0.39 is 52.0 Å². The fourth-order valence-electron chi connectivity index (χ4n) is 5.87. The number of Topliss-reactive ketones (excluding diaryl/α,β-unsaturated/α-hetero) is 2. The van der Waals surface area contributed by atoms with Crippen molar-refractivity contribution in [1.29, 1.82) is 0 Å². The molecular weight excluding hydrogens is 478 g/mol. The highest BCUT2D eigenvalue weighted by molar-refractivity contribution is 6.22. The van der Waals surface area contributed by atoms with Crippen molar-refractivity contribution in [3.8, 4) is 5.75 Å². The average molecular weight is 514 g/mol. The van der Waals surface area contributed by atoms with Crippen LogP contribution in [0.2, 0.25) is 0 Å². The molecule has 0 bridgehead atoms. The van der Waals surface area contributed by atoms with E-state index in [1.54, 1.807) is 0 Å². The van der Waals surface area contributed by atoms with Gasteiger partial charge >= 0.3 is 0 Å². The Labute approximate surface area is 215 Å². The molecule has 3 aliphatic rings. The Hall–Kier alpha value is -3.37. The van der Waals surface area contributed by atoms with Crippen LogP contribution in [0.1, 0.15) is 49.8 Å². The maximum absolute atomic E-state index is 13.7. The topological polar surface area (TPSA) is 173 Å². The summed E-state index contributed by atoms with van der Waals surface area (Å²) >= 11 is 0. The number of nitrogens with one attached hydrogen (secondary N) is 1. The summed E-state index contributed by atoms with van der Waals surface area (Å²) in [6.07, 6.45) is 0.991. The molecule has 200 valence electrons. The molecule has 0 heterocycles. The van der Waals surface area contributed by atoms with Gasteiger partial charge in [0.05, 0.1) is 5.56 Å². The molecule has 0 aliphatic heterocycles. The molecule has 37 heavy (non-hydrogen) atoms. The summed E-state index contributed by atoms with van der Waals surface area (Å²) in [7, 11) is 3.69. The van der Waals surface area contributed by atoms with E-state index in [1.165, 1.54) is 0 Å². The van der Waals surface area contributed by atoms with E-state index in [0.29, 0.717) is 23.6 Å². The fourth-order valence-corrected chi connectivity index (χ4v) is 5.87. The van der Waals surface area contributed by atoms with Gasteiger partial charge in [-0.15, -0.1) is 0 Å². The van der Waals surface area contributed by atoms with Gasteiger partial charge in [-0.25, -0.2) is 0 Å². The van der Waals surface area contributed by atoms with Crippen molar-refractivity contribution in [3.05, 3.63) is 39.7 Å². The number of rotatable bonds is 7. The molecule has 1 aromatic carbocycles. The molecule has 1 aromatic rings. The molecule has 0 spiro atoms. The first-order valence-electron chi connectivity index (χ1n) is 12.5. The molecule has 7 N–H and O–H groups in total. The summed E-state index contributed by atoms with van der Waals surface area (Å²) in [4.78, 5) is 39.8. The number of primary amides is 1. The van der Waals surface area contributed by atoms with E-state index in [1.807, 2.05) is 25.1 Å². The molecule has 0 unspecified atom stereocenters. The Morgan fingerprint density at radius 3 is 2.49 bits per heavy atom. The van der Waals surface area contributed by atoms with Crippen LogP contribution in [0, 0.1) is 17.8 Å². The maximum Gasteiger partial charge on any atom is 0.255 e. The molecule has 0 aromatic heterocycles. The minimum Gasteiger partial charge on any atom is -0.508 e. The highest BCUT2D eigenvalue weighted by Crippen LogP contribution is 2.53. The molecule has 1 saturated carbocycles. The number of hydrogen-bond donors (Lipinski definition) is 6. The lowest BCUT2D eigenvalue weighted by molar-refractivity contribution is -0.147. The first kappa shape index (κ1) is 26.7. The lowest BCUT2D eigenvalue weighted by Gasteiger charge is -2.46. The van der Waals surface area contributed by atoms with Gasteiger partial charge in [0.1, 0.15) is 22.8 Å². The van der Waals surface area contributed by atoms with Crippen LogP contribution in [0.5, 0.6) is 5.75 Å². The lowest BCUT2D eigenvalue weighted by Crippen LogP contribution is -2.58. The van der Waals surface area contributed by atoms with E-state index in [9.17, 15) is 34.8 Å². The second-order valence-corrected chi connectivity index (χ2v) is 10.9. The van der Waals surface area contributed by atoms with Crippen molar-refractivity contribution in [2.75, 3.05) is 25.5 Å². The number of phenolic OH excluding ortho intramolecular Hbond substituents is 1. The number of benzene rings is 1. The van der Waals surface area contributed by atoms with Gasteiger partial charge in [0.2, 0.25) is 5.78 Å². The molecule has 10 nitrogen and oxygen atoms in total. The van der Waals surface area contributed by atoms with Crippen molar-refractivity contribution in [1.82, 2.24) is 5.32 Å². The number of fused-ring (bicyclic) bond motifs is 3. The van der Waals surface area contributed by atoms with Crippen LogP contribution in [-0.4, -0.2) is 64.1 Å². The smallest absolute Gasteiger partial charge is 0.255 e. The lowest BCUT2D eigenvalue weighted by atomic mass is 9.59. The fraction of sp³-hybridized carbons (Fsp3) is 0.519. The Morgan fingerprint density at radius 2 is 1.89 bits per heavy atom. The number of phenols is 1. The van der Waals surface area contributed by atoms with Gasteiger partial charge in [0, 0.05) is 49.8 Å². The Morgan fingerprint density at radius 1 is 1.22 bits per heavy atom. The van der Waals surface area contributed by atoms with Crippen molar-refractivity contribution in [3.63, 3.8) is 0 Å². The van der Waals surface area contributed by atoms with Gasteiger partial charge in [-0.3, -0.25) is 14.4 Å². The van der Waals surface area contributed by atoms with Crippen molar-refractivity contribution >= 4 is 28.9 Å². The predicted octanol–water partition coefficient (Wildman–Crippen LogP) is 1.63. The summed E-state index contributed by atoms with van der Waals surface area (Å²) in [6, 6.07) is 1.85. The molecule has 1 amide bonds. The third-order valence-corrected chi connectivity index (χ3v) is 7.81. The molecular formula is C27H35N3O7. The molecule has 1 fully saturated rings. The van der Waals surface area contributed by atoms with Crippen LogP contribution in [0.3, 0.4) is 0 Å². The molecule has 0 saturated heterocycles. The number of aliphatic hydroxyl groups excluding tert-OH is 2. The van der Waals surface area contributed by atoms with Gasteiger partial charge in [-0.2, -0.15) is 0 Å². The van der Waals surface area contributed by atoms with Gasteiger partial charge < -0.3 is 36.4 Å². The SMILES string of the molecule is CC(C)CCNCc1cc(N(C)C)c2c(c1O)C(O)=C1C(=O)[C@]3(O)C(O)=C(C(N)=O)C(=O)C[C@@H]3C[C@@H]1C2. The normalized spacial score (nSPS) is 25.2. The third kappa shape index (κ3) is 4.18. The van der Waals surface area contributed by atoms with Crippen LogP contribution < -0.4 is 16.0 Å². The van der Waals surface area contributed by atoms with E-state index in [0.717, 1.165) is 18.7 Å². The van der Waals surface area contributed by atoms with Gasteiger partial charge in [0.25, 0.3) is 5.91 Å². The van der Waals surface area contributed by atoms with E-state index in [4.69, 9.17) is 5.73 Å². The number of carbonyl (C=O) groups excluding carboxylic acids is 3. The van der Waals surface area contributed by atoms with Crippen LogP contribution in [0.4, 0.5) is 5.69 Å². The van der Waals surface area contributed by atoms with Crippen molar-refractivity contribution in [2.24, 2.45) is 23.5 Å². The highest BCUT2D eigenvalue weighted by atomic mass is 16.3. The zero-order valence-corrected chi connectivity index (χ0v) is 21.6. The zero-order chi connectivity index (χ0) is 27.4. The Kier molecular flexibility index (Phi) is 6.85. The van der Waals surface area contributed by atoms with Crippen molar-refractivity contribution in [2.45, 2.75) is 51.7 Å². The largest absolute Gasteiger partial charge is 0.508 e. The van der Waals surface area contributed by atoms with E-state index in [2.05, 4.69) is 19.2 Å². The second kappa shape index (κ2) is 9.50. The number of aliphatic hydroxyl groups is 3. The number of hydrogen-bond acceptors (Lipinski definition) is 9. The van der Waals surface area contributed by atoms with Gasteiger partial charge in [-0.1, -0.05) is 13.8 Å². The Balaban J connectivity index is 1.84. The quantitative estimate of drug-likeness (QED) is 0.234. The summed E-state index contributed by atoms with van der Waals surface area (Å²) in [5.74, 6) is -5.72. The highest BCUT2D eigenvalue weighted by Gasteiger charge is 2.60. The van der Waals surface area contributed by atoms with E-state index >= 15 is 0 Å². The monoisotopic (exact) mass is 513 g/mol. The zero-order valence-electron chi connectivity index (χ0n) is 21.6. The average Bonchev–Trinajstić information content (AvgIpc) is 2.79. The number of amides is 1. The predicted molar refractivity (Wildman–Crippen MR) is 137 cm³/mol. The van der Waals surface area contributed by atoms with Gasteiger partial charge in [0.15, 0.2) is 11.4 Å². The van der Waals surface area contributed by atoms with Crippen LogP contribution in [0.15, 0.2) is 23.0 Å². The van der Waals surface area contributed by atoms with Crippen molar-refractivity contribution < 1.29 is 34.8 Å². The summed E-state index contributed by atoms with van der Waals surface area (Å²) in [5.41, 5.74) is 3.81. The number of nitrogens with two attached hydrogens (primary N) is 1. The number of ketones is 2.